The van der Waals surface area contributed by atoms with Crippen LogP contribution in [0.5, 0.6) is 5.75 Å². The summed E-state index contributed by atoms with van der Waals surface area (Å²) in [7, 11) is 0. The zero-order chi connectivity index (χ0) is 16.9. The second kappa shape index (κ2) is 7.10. The van der Waals surface area contributed by atoms with Crippen LogP contribution in [-0.2, 0) is 17.6 Å². The van der Waals surface area contributed by atoms with E-state index in [1.54, 1.807) is 18.2 Å². The number of H-pyrrole nitrogens is 1. The summed E-state index contributed by atoms with van der Waals surface area (Å²) >= 11 is 5.84. The molecule has 3 rings (SSSR count). The van der Waals surface area contributed by atoms with Crippen molar-refractivity contribution in [3.63, 3.8) is 0 Å². The Morgan fingerprint density at radius 1 is 1.17 bits per heavy atom. The Balaban J connectivity index is 1.74. The van der Waals surface area contributed by atoms with Gasteiger partial charge in [0.1, 0.15) is 0 Å². The average molecular weight is 344 g/mol. The fraction of sp³-hybridized carbons (Fsp3) is 0.125. The summed E-state index contributed by atoms with van der Waals surface area (Å²) in [5.41, 5.74) is 2.06. The van der Waals surface area contributed by atoms with Gasteiger partial charge in [-0.05, 0) is 23.3 Å². The third kappa shape index (κ3) is 3.69. The maximum Gasteiger partial charge on any atom is 0.228 e. The molecule has 122 valence electrons. The van der Waals surface area contributed by atoms with Crippen molar-refractivity contribution in [3.8, 4) is 5.75 Å². The van der Waals surface area contributed by atoms with E-state index in [1.165, 1.54) is 0 Å². The molecule has 0 aliphatic rings. The zero-order valence-corrected chi connectivity index (χ0v) is 13.3. The number of aromatic amines is 1. The number of phenolic OH excluding ortho intramolecular Hbond substituents is 1. The number of anilines is 1. The van der Waals surface area contributed by atoms with Gasteiger partial charge in [-0.2, -0.15) is 5.21 Å². The van der Waals surface area contributed by atoms with Crippen molar-refractivity contribution in [2.24, 2.45) is 0 Å². The van der Waals surface area contributed by atoms with E-state index >= 15 is 0 Å². The highest BCUT2D eigenvalue weighted by Crippen LogP contribution is 2.31. The molecular weight excluding hydrogens is 330 g/mol. The summed E-state index contributed by atoms with van der Waals surface area (Å²) in [6, 6.07) is 12.3. The quantitative estimate of drug-likeness (QED) is 0.617. The van der Waals surface area contributed by atoms with Gasteiger partial charge < -0.3 is 10.4 Å². The van der Waals surface area contributed by atoms with Crippen LogP contribution in [0.2, 0.25) is 5.02 Å². The Kier molecular flexibility index (Phi) is 4.72. The number of nitrogens with zero attached hydrogens (tertiary/aromatic N) is 3. The van der Waals surface area contributed by atoms with Gasteiger partial charge in [0.25, 0.3) is 0 Å². The Hall–Kier alpha value is -2.93. The summed E-state index contributed by atoms with van der Waals surface area (Å²) < 4.78 is 0. The molecule has 0 saturated heterocycles. The lowest BCUT2D eigenvalue weighted by Crippen LogP contribution is -2.15. The van der Waals surface area contributed by atoms with E-state index in [0.717, 1.165) is 11.1 Å². The summed E-state index contributed by atoms with van der Waals surface area (Å²) in [5, 5.41) is 26.5. The number of aromatic nitrogens is 4. The molecule has 3 aromatic rings. The van der Waals surface area contributed by atoms with Crippen molar-refractivity contribution < 1.29 is 9.90 Å². The molecular formula is C16H14ClN5O2. The Morgan fingerprint density at radius 2 is 1.96 bits per heavy atom. The summed E-state index contributed by atoms with van der Waals surface area (Å²) in [6.07, 6.45) is 0.627. The van der Waals surface area contributed by atoms with Crippen molar-refractivity contribution in [1.29, 1.82) is 0 Å². The average Bonchev–Trinajstić information content (AvgIpc) is 3.07. The van der Waals surface area contributed by atoms with Crippen LogP contribution < -0.4 is 5.32 Å². The van der Waals surface area contributed by atoms with Gasteiger partial charge in [0.05, 0.1) is 17.1 Å². The number of para-hydroxylation sites is 1. The van der Waals surface area contributed by atoms with Gasteiger partial charge in [0, 0.05) is 6.42 Å². The lowest BCUT2D eigenvalue weighted by Gasteiger charge is -2.10. The van der Waals surface area contributed by atoms with Crippen molar-refractivity contribution in [2.45, 2.75) is 12.8 Å². The summed E-state index contributed by atoms with van der Waals surface area (Å²) in [4.78, 5) is 12.3. The molecule has 0 bridgehead atoms. The molecule has 0 aliphatic carbocycles. The first-order valence-corrected chi connectivity index (χ1v) is 7.57. The first-order valence-electron chi connectivity index (χ1n) is 7.20. The molecule has 3 N–H and O–H groups in total. The van der Waals surface area contributed by atoms with Crippen LogP contribution in [0.15, 0.2) is 42.5 Å². The number of phenols is 1. The normalized spacial score (nSPS) is 10.5. The van der Waals surface area contributed by atoms with Gasteiger partial charge in [-0.15, -0.1) is 10.2 Å². The number of nitrogens with one attached hydrogen (secondary N) is 2. The zero-order valence-electron chi connectivity index (χ0n) is 12.5. The Morgan fingerprint density at radius 3 is 2.71 bits per heavy atom. The van der Waals surface area contributed by atoms with Gasteiger partial charge in [0.2, 0.25) is 5.91 Å². The molecule has 8 heteroatoms. The molecule has 1 aromatic heterocycles. The molecule has 7 nitrogen and oxygen atoms in total. The Labute approximate surface area is 142 Å². The minimum Gasteiger partial charge on any atom is -0.504 e. The predicted molar refractivity (Wildman–Crippen MR) is 88.9 cm³/mol. The third-order valence-electron chi connectivity index (χ3n) is 3.47. The van der Waals surface area contributed by atoms with Gasteiger partial charge in [0.15, 0.2) is 11.6 Å². The maximum atomic E-state index is 12.3. The van der Waals surface area contributed by atoms with Crippen LogP contribution >= 0.6 is 11.6 Å². The molecule has 1 heterocycles. The number of aromatic hydroxyl groups is 1. The SMILES string of the molecule is O=C(Cc1ccccc1Cc1nn[nH]n1)Nc1cccc(Cl)c1O. The standard InChI is InChI=1S/C16H14ClN5O2/c17-12-6-3-7-13(16(12)24)18-15(23)9-11-5-2-1-4-10(11)8-14-19-21-22-20-14/h1-7,24H,8-9H2,(H,18,23)(H,19,20,21,22). The summed E-state index contributed by atoms with van der Waals surface area (Å²) in [5.74, 6) is 0.149. The lowest BCUT2D eigenvalue weighted by molar-refractivity contribution is -0.115. The second-order valence-electron chi connectivity index (χ2n) is 5.13. The van der Waals surface area contributed by atoms with Gasteiger partial charge in [-0.25, -0.2) is 0 Å². The molecule has 2 aromatic carbocycles. The minimum atomic E-state index is -0.256. The number of benzene rings is 2. The molecule has 24 heavy (non-hydrogen) atoms. The number of carbonyl (C=O) groups is 1. The Bertz CT molecular complexity index is 851. The van der Waals surface area contributed by atoms with Gasteiger partial charge in [-0.3, -0.25) is 4.79 Å². The van der Waals surface area contributed by atoms with Crippen LogP contribution in [0, 0.1) is 0 Å². The van der Waals surface area contributed by atoms with Crippen LogP contribution in [-0.4, -0.2) is 31.6 Å². The molecule has 0 saturated carbocycles. The van der Waals surface area contributed by atoms with Crippen molar-refractivity contribution in [1.82, 2.24) is 20.6 Å². The highest BCUT2D eigenvalue weighted by atomic mass is 35.5. The van der Waals surface area contributed by atoms with Crippen LogP contribution in [0.25, 0.3) is 0 Å². The van der Waals surface area contributed by atoms with E-state index in [2.05, 4.69) is 25.9 Å². The molecule has 0 aliphatic heterocycles. The highest BCUT2D eigenvalue weighted by molar-refractivity contribution is 6.32. The molecule has 0 radical (unpaired) electrons. The number of tetrazole rings is 1. The number of rotatable bonds is 5. The van der Waals surface area contributed by atoms with Crippen molar-refractivity contribution in [3.05, 3.63) is 64.4 Å². The van der Waals surface area contributed by atoms with Gasteiger partial charge in [-0.1, -0.05) is 47.1 Å². The number of carbonyl (C=O) groups excluding carboxylic acids is 1. The van der Waals surface area contributed by atoms with E-state index in [0.29, 0.717) is 12.2 Å². The number of halogens is 1. The number of hydrogen-bond acceptors (Lipinski definition) is 5. The molecule has 0 atom stereocenters. The van der Waals surface area contributed by atoms with Crippen LogP contribution in [0.1, 0.15) is 17.0 Å². The van der Waals surface area contributed by atoms with Crippen LogP contribution in [0.3, 0.4) is 0 Å². The van der Waals surface area contributed by atoms with Gasteiger partial charge >= 0.3 is 0 Å². The van der Waals surface area contributed by atoms with Crippen LogP contribution in [0.4, 0.5) is 5.69 Å². The number of amides is 1. The largest absolute Gasteiger partial charge is 0.504 e. The monoisotopic (exact) mass is 343 g/mol. The highest BCUT2D eigenvalue weighted by Gasteiger charge is 2.12. The van der Waals surface area contributed by atoms with E-state index in [-0.39, 0.29) is 28.8 Å². The first-order chi connectivity index (χ1) is 11.6. The van der Waals surface area contributed by atoms with Crippen molar-refractivity contribution in [2.75, 3.05) is 5.32 Å². The molecule has 0 fully saturated rings. The lowest BCUT2D eigenvalue weighted by atomic mass is 10.0. The second-order valence-corrected chi connectivity index (χ2v) is 5.54. The smallest absolute Gasteiger partial charge is 0.228 e. The first kappa shape index (κ1) is 15.9. The topological polar surface area (TPSA) is 104 Å². The fourth-order valence-corrected chi connectivity index (χ4v) is 2.49. The van der Waals surface area contributed by atoms with E-state index in [9.17, 15) is 9.90 Å². The molecule has 0 spiro atoms. The van der Waals surface area contributed by atoms with E-state index in [4.69, 9.17) is 11.6 Å². The summed E-state index contributed by atoms with van der Waals surface area (Å²) in [6.45, 7) is 0. The minimum absolute atomic E-state index is 0.146. The molecule has 1 amide bonds. The maximum absolute atomic E-state index is 12.3. The van der Waals surface area contributed by atoms with Crippen molar-refractivity contribution >= 4 is 23.2 Å². The number of hydrogen-bond donors (Lipinski definition) is 3. The third-order valence-corrected chi connectivity index (χ3v) is 3.77. The fourth-order valence-electron chi connectivity index (χ4n) is 2.31. The molecule has 0 unspecified atom stereocenters. The predicted octanol–water partition coefficient (Wildman–Crippen LogP) is 2.33. The van der Waals surface area contributed by atoms with E-state index in [1.807, 2.05) is 24.3 Å². The van der Waals surface area contributed by atoms with E-state index < -0.39 is 0 Å².